The van der Waals surface area contributed by atoms with Gasteiger partial charge in [0.05, 0.1) is 5.56 Å². The van der Waals surface area contributed by atoms with Gasteiger partial charge < -0.3 is 0 Å². The topological polar surface area (TPSA) is 54.9 Å². The quantitative estimate of drug-likeness (QED) is 0.843. The second-order valence-electron chi connectivity index (χ2n) is 4.63. The fraction of sp³-hybridized carbons (Fsp3) is 0.667. The molecule has 1 N–H and O–H groups in total. The van der Waals surface area contributed by atoms with E-state index in [-0.39, 0.29) is 22.7 Å². The highest BCUT2D eigenvalue weighted by atomic mass is 35.5. The largest absolute Gasteiger partial charge is 0.329 e. The van der Waals surface area contributed by atoms with Crippen LogP contribution in [0.4, 0.5) is 0 Å². The first-order valence-corrected chi connectivity index (χ1v) is 6.31. The van der Waals surface area contributed by atoms with Crippen molar-refractivity contribution < 1.29 is 0 Å². The summed E-state index contributed by atoms with van der Waals surface area (Å²) in [6.07, 6.45) is 1.40. The summed E-state index contributed by atoms with van der Waals surface area (Å²) in [5, 5.41) is 0.175. The molecule has 1 unspecified atom stereocenters. The summed E-state index contributed by atoms with van der Waals surface area (Å²) >= 11 is 5.90. The summed E-state index contributed by atoms with van der Waals surface area (Å²) in [5.41, 5.74) is -0.191. The van der Waals surface area contributed by atoms with Crippen LogP contribution in [0.2, 0.25) is 5.15 Å². The SMILES string of the molecule is CCCc1c(Cl)[nH]c(=O)n(C(C)C(C)C)c1=O. The smallest absolute Gasteiger partial charge is 0.297 e. The lowest BCUT2D eigenvalue weighted by Crippen LogP contribution is -2.40. The molecule has 1 rings (SSSR count). The Morgan fingerprint density at radius 3 is 2.35 bits per heavy atom. The highest BCUT2D eigenvalue weighted by Crippen LogP contribution is 2.14. The third kappa shape index (κ3) is 2.80. The molecule has 17 heavy (non-hydrogen) atoms. The van der Waals surface area contributed by atoms with Gasteiger partial charge in [0, 0.05) is 6.04 Å². The molecule has 5 heteroatoms. The van der Waals surface area contributed by atoms with Gasteiger partial charge in [-0.1, -0.05) is 38.8 Å². The number of H-pyrrole nitrogens is 1. The number of nitrogens with one attached hydrogen (secondary N) is 1. The molecule has 0 aliphatic carbocycles. The molecule has 1 heterocycles. The van der Waals surface area contributed by atoms with Gasteiger partial charge in [0.25, 0.3) is 5.56 Å². The van der Waals surface area contributed by atoms with Crippen molar-refractivity contribution in [3.8, 4) is 0 Å². The van der Waals surface area contributed by atoms with Gasteiger partial charge >= 0.3 is 5.69 Å². The number of aromatic nitrogens is 2. The molecule has 0 radical (unpaired) electrons. The lowest BCUT2D eigenvalue weighted by atomic mass is 10.1. The average molecular weight is 259 g/mol. The number of hydrogen-bond donors (Lipinski definition) is 1. The van der Waals surface area contributed by atoms with E-state index in [9.17, 15) is 9.59 Å². The Kier molecular flexibility index (Phi) is 4.57. The van der Waals surface area contributed by atoms with Crippen molar-refractivity contribution in [3.05, 3.63) is 31.6 Å². The first-order chi connectivity index (χ1) is 7.90. The third-order valence-corrected chi connectivity index (χ3v) is 3.37. The zero-order valence-corrected chi connectivity index (χ0v) is 11.5. The van der Waals surface area contributed by atoms with E-state index in [0.717, 1.165) is 6.42 Å². The first-order valence-electron chi connectivity index (χ1n) is 5.93. The average Bonchev–Trinajstić information content (AvgIpc) is 2.23. The normalized spacial score (nSPS) is 13.1. The van der Waals surface area contributed by atoms with Crippen LogP contribution in [0.1, 0.15) is 45.7 Å². The fourth-order valence-corrected chi connectivity index (χ4v) is 1.95. The Morgan fingerprint density at radius 2 is 1.88 bits per heavy atom. The molecular formula is C12H19ClN2O2. The van der Waals surface area contributed by atoms with Gasteiger partial charge in [0.1, 0.15) is 5.15 Å². The molecule has 0 spiro atoms. The van der Waals surface area contributed by atoms with Gasteiger partial charge in [-0.05, 0) is 19.3 Å². The molecule has 1 aromatic rings. The van der Waals surface area contributed by atoms with Gasteiger partial charge in [-0.15, -0.1) is 0 Å². The van der Waals surface area contributed by atoms with Crippen molar-refractivity contribution in [2.45, 2.75) is 46.6 Å². The maximum absolute atomic E-state index is 12.2. The van der Waals surface area contributed by atoms with E-state index in [1.165, 1.54) is 4.57 Å². The van der Waals surface area contributed by atoms with Gasteiger partial charge in [0.15, 0.2) is 0 Å². The minimum atomic E-state index is -0.430. The van der Waals surface area contributed by atoms with Gasteiger partial charge in [0.2, 0.25) is 0 Å². The summed E-state index contributed by atoms with van der Waals surface area (Å²) in [5.74, 6) is 0.212. The monoisotopic (exact) mass is 258 g/mol. The summed E-state index contributed by atoms with van der Waals surface area (Å²) in [6.45, 7) is 7.79. The third-order valence-electron chi connectivity index (χ3n) is 3.05. The maximum atomic E-state index is 12.2. The van der Waals surface area contributed by atoms with Crippen LogP contribution in [0.25, 0.3) is 0 Å². The lowest BCUT2D eigenvalue weighted by Gasteiger charge is -2.18. The number of nitrogens with zero attached hydrogens (tertiary/aromatic N) is 1. The molecule has 4 nitrogen and oxygen atoms in total. The van der Waals surface area contributed by atoms with Crippen molar-refractivity contribution in [2.24, 2.45) is 5.92 Å². The van der Waals surface area contributed by atoms with Crippen LogP contribution in [0.5, 0.6) is 0 Å². The van der Waals surface area contributed by atoms with Crippen molar-refractivity contribution >= 4 is 11.6 Å². The van der Waals surface area contributed by atoms with Crippen LogP contribution in [0, 0.1) is 5.92 Å². The van der Waals surface area contributed by atoms with Gasteiger partial charge in [-0.3, -0.25) is 14.3 Å². The highest BCUT2D eigenvalue weighted by Gasteiger charge is 2.18. The molecule has 0 bridgehead atoms. The molecule has 0 amide bonds. The maximum Gasteiger partial charge on any atom is 0.329 e. The van der Waals surface area contributed by atoms with Gasteiger partial charge in [-0.25, -0.2) is 4.79 Å². The molecule has 0 aromatic carbocycles. The molecule has 0 fully saturated rings. The Bertz CT molecular complexity index is 502. The van der Waals surface area contributed by atoms with E-state index in [4.69, 9.17) is 11.6 Å². The second kappa shape index (κ2) is 5.54. The van der Waals surface area contributed by atoms with E-state index < -0.39 is 5.69 Å². The van der Waals surface area contributed by atoms with Crippen molar-refractivity contribution in [3.63, 3.8) is 0 Å². The summed E-state index contributed by atoms with van der Waals surface area (Å²) < 4.78 is 1.27. The Labute approximate surface area is 106 Å². The number of rotatable bonds is 4. The number of halogens is 1. The fourth-order valence-electron chi connectivity index (χ4n) is 1.70. The standard InChI is InChI=1S/C12H19ClN2O2/c1-5-6-9-10(13)14-12(17)15(11(9)16)8(4)7(2)3/h7-8H,5-6H2,1-4H3,(H,14,17). The molecule has 96 valence electrons. The zero-order chi connectivity index (χ0) is 13.2. The zero-order valence-electron chi connectivity index (χ0n) is 10.7. The lowest BCUT2D eigenvalue weighted by molar-refractivity contribution is 0.382. The predicted molar refractivity (Wildman–Crippen MR) is 69.9 cm³/mol. The summed E-state index contributed by atoms with van der Waals surface area (Å²) in [6, 6.07) is -0.140. The molecule has 0 saturated carbocycles. The highest BCUT2D eigenvalue weighted by molar-refractivity contribution is 6.30. The van der Waals surface area contributed by atoms with E-state index in [1.807, 2.05) is 27.7 Å². The Morgan fingerprint density at radius 1 is 1.29 bits per heavy atom. The van der Waals surface area contributed by atoms with Gasteiger partial charge in [-0.2, -0.15) is 0 Å². The van der Waals surface area contributed by atoms with E-state index in [0.29, 0.717) is 12.0 Å². The minimum absolute atomic E-state index is 0.140. The van der Waals surface area contributed by atoms with Crippen LogP contribution < -0.4 is 11.2 Å². The van der Waals surface area contributed by atoms with Crippen LogP contribution in [-0.4, -0.2) is 9.55 Å². The molecule has 1 aromatic heterocycles. The van der Waals surface area contributed by atoms with E-state index >= 15 is 0 Å². The summed E-state index contributed by atoms with van der Waals surface area (Å²) in [4.78, 5) is 26.5. The van der Waals surface area contributed by atoms with Crippen LogP contribution in [-0.2, 0) is 6.42 Å². The first kappa shape index (κ1) is 14.0. The van der Waals surface area contributed by atoms with E-state index in [2.05, 4.69) is 4.98 Å². The number of hydrogen-bond acceptors (Lipinski definition) is 2. The Hall–Kier alpha value is -1.03. The second-order valence-corrected chi connectivity index (χ2v) is 5.01. The molecule has 0 saturated heterocycles. The molecule has 0 aliphatic heterocycles. The summed E-state index contributed by atoms with van der Waals surface area (Å²) in [7, 11) is 0. The number of aromatic amines is 1. The van der Waals surface area contributed by atoms with Crippen molar-refractivity contribution in [1.29, 1.82) is 0 Å². The Balaban J connectivity index is 3.46. The van der Waals surface area contributed by atoms with Crippen LogP contribution >= 0.6 is 11.6 Å². The minimum Gasteiger partial charge on any atom is -0.297 e. The van der Waals surface area contributed by atoms with E-state index in [1.54, 1.807) is 0 Å². The van der Waals surface area contributed by atoms with Crippen molar-refractivity contribution in [1.82, 2.24) is 9.55 Å². The van der Waals surface area contributed by atoms with Crippen molar-refractivity contribution in [2.75, 3.05) is 0 Å². The van der Waals surface area contributed by atoms with Crippen LogP contribution in [0.3, 0.4) is 0 Å². The molecule has 0 aliphatic rings. The predicted octanol–water partition coefficient (Wildman–Crippen LogP) is 2.36. The van der Waals surface area contributed by atoms with Crippen LogP contribution in [0.15, 0.2) is 9.59 Å². The molecular weight excluding hydrogens is 240 g/mol. The molecule has 1 atom stereocenters.